The Hall–Kier alpha value is -3.22. The van der Waals surface area contributed by atoms with Crippen LogP contribution in [0.15, 0.2) is 58.2 Å². The third-order valence-corrected chi connectivity index (χ3v) is 7.56. The van der Waals surface area contributed by atoms with Crippen molar-refractivity contribution in [3.05, 3.63) is 59.0 Å². The molecule has 33 heavy (non-hydrogen) atoms. The van der Waals surface area contributed by atoms with Crippen LogP contribution in [0.2, 0.25) is 0 Å². The minimum atomic E-state index is -3.67. The van der Waals surface area contributed by atoms with E-state index in [2.05, 4.69) is 10.4 Å². The molecule has 5 rings (SSSR count). The Morgan fingerprint density at radius 1 is 0.879 bits per heavy atom. The molecule has 12 heteroatoms. The predicted octanol–water partition coefficient (Wildman–Crippen LogP) is 0.554. The van der Waals surface area contributed by atoms with Crippen molar-refractivity contribution >= 4 is 10.0 Å². The van der Waals surface area contributed by atoms with Gasteiger partial charge in [-0.25, -0.2) is 13.2 Å². The van der Waals surface area contributed by atoms with Crippen molar-refractivity contribution in [2.45, 2.75) is 18.0 Å². The molecule has 1 fully saturated rings. The first-order valence-electron chi connectivity index (χ1n) is 10.7. The molecule has 0 atom stereocenters. The number of nitrogens with zero attached hydrogens (tertiary/aromatic N) is 6. The molecule has 11 nitrogen and oxygen atoms in total. The lowest BCUT2D eigenvalue weighted by atomic mass is 10.3. The molecule has 0 spiro atoms. The summed E-state index contributed by atoms with van der Waals surface area (Å²) in [5.74, 6) is 1.01. The molecule has 0 amide bonds. The number of para-hydroxylation sites is 1. The van der Waals surface area contributed by atoms with Crippen molar-refractivity contribution in [1.82, 2.24) is 29.0 Å². The second-order valence-corrected chi connectivity index (χ2v) is 9.77. The van der Waals surface area contributed by atoms with Crippen LogP contribution in [-0.2, 0) is 16.7 Å². The van der Waals surface area contributed by atoms with Gasteiger partial charge >= 0.3 is 5.69 Å². The number of aromatic nitrogens is 4. The van der Waals surface area contributed by atoms with Crippen LogP contribution in [0.1, 0.15) is 6.42 Å². The van der Waals surface area contributed by atoms with Crippen LogP contribution in [0.25, 0.3) is 5.69 Å². The van der Waals surface area contributed by atoms with E-state index in [0.717, 1.165) is 6.42 Å². The number of fused-ring (bicyclic) bond motifs is 1. The normalized spacial score (nSPS) is 17.6. The molecule has 0 aliphatic carbocycles. The molecular formula is C21H24N6O5S. The zero-order valence-electron chi connectivity index (χ0n) is 17.9. The fraction of sp³-hybridized carbons (Fsp3) is 0.381. The van der Waals surface area contributed by atoms with Crippen molar-refractivity contribution in [2.75, 3.05) is 39.4 Å². The van der Waals surface area contributed by atoms with Gasteiger partial charge < -0.3 is 9.47 Å². The number of tetrazole rings is 1. The average molecular weight is 473 g/mol. The highest BCUT2D eigenvalue weighted by atomic mass is 32.2. The Bertz CT molecular complexity index is 1280. The van der Waals surface area contributed by atoms with Crippen molar-refractivity contribution < 1.29 is 17.9 Å². The van der Waals surface area contributed by atoms with Crippen molar-refractivity contribution in [3.8, 4) is 17.2 Å². The monoisotopic (exact) mass is 472 g/mol. The number of hydrogen-bond donors (Lipinski definition) is 0. The summed E-state index contributed by atoms with van der Waals surface area (Å²) in [5.41, 5.74) is 0.295. The van der Waals surface area contributed by atoms with Crippen LogP contribution in [0.5, 0.6) is 11.5 Å². The summed E-state index contributed by atoms with van der Waals surface area (Å²) >= 11 is 0. The fourth-order valence-corrected chi connectivity index (χ4v) is 5.29. The van der Waals surface area contributed by atoms with Gasteiger partial charge in [0.05, 0.1) is 23.8 Å². The van der Waals surface area contributed by atoms with Gasteiger partial charge in [-0.15, -0.1) is 0 Å². The van der Waals surface area contributed by atoms with E-state index in [-0.39, 0.29) is 17.3 Å². The molecule has 2 aromatic carbocycles. The van der Waals surface area contributed by atoms with Gasteiger partial charge in [0.15, 0.2) is 11.5 Å². The maximum Gasteiger partial charge on any atom is 0.369 e. The number of hydrogen-bond acceptors (Lipinski definition) is 8. The smallest absolute Gasteiger partial charge is 0.369 e. The van der Waals surface area contributed by atoms with E-state index < -0.39 is 10.0 Å². The highest BCUT2D eigenvalue weighted by Gasteiger charge is 2.30. The minimum absolute atomic E-state index is 0.183. The quantitative estimate of drug-likeness (QED) is 0.529. The third kappa shape index (κ3) is 4.36. The number of benzene rings is 2. The molecule has 174 valence electrons. The molecule has 3 heterocycles. The van der Waals surface area contributed by atoms with Gasteiger partial charge in [0.1, 0.15) is 6.67 Å². The standard InChI is InChI=1S/C21H24N6O5S/c28-21-26(22-23-27(21)17-5-2-1-3-6-17)16-24-9-11-25(12-10-24)33(29,30)18-7-8-19-20(15-18)32-14-4-13-31-19/h1-3,5-8,15H,4,9-14,16H2. The van der Waals surface area contributed by atoms with Gasteiger partial charge in [0, 0.05) is 38.7 Å². The molecule has 2 aliphatic rings. The van der Waals surface area contributed by atoms with E-state index in [9.17, 15) is 13.2 Å². The summed E-state index contributed by atoms with van der Waals surface area (Å²) in [4.78, 5) is 14.8. The molecule has 0 saturated carbocycles. The number of sulfonamides is 1. The largest absolute Gasteiger partial charge is 0.490 e. The van der Waals surface area contributed by atoms with Crippen LogP contribution in [-0.4, -0.2) is 76.8 Å². The second kappa shape index (κ2) is 8.96. The number of rotatable bonds is 5. The van der Waals surface area contributed by atoms with E-state index >= 15 is 0 Å². The van der Waals surface area contributed by atoms with Crippen LogP contribution >= 0.6 is 0 Å². The summed E-state index contributed by atoms with van der Waals surface area (Å²) in [6.45, 7) is 2.82. The predicted molar refractivity (Wildman–Crippen MR) is 118 cm³/mol. The van der Waals surface area contributed by atoms with Crippen molar-refractivity contribution in [1.29, 1.82) is 0 Å². The third-order valence-electron chi connectivity index (χ3n) is 5.66. The second-order valence-electron chi connectivity index (χ2n) is 7.83. The average Bonchev–Trinajstić information content (AvgIpc) is 3.04. The molecule has 1 aromatic heterocycles. The van der Waals surface area contributed by atoms with E-state index in [1.165, 1.54) is 19.7 Å². The highest BCUT2D eigenvalue weighted by molar-refractivity contribution is 7.89. The SMILES string of the molecule is O=c1n(CN2CCN(S(=O)(=O)c3ccc4c(c3)OCCCO4)CC2)nnn1-c1ccccc1. The minimum Gasteiger partial charge on any atom is -0.490 e. The van der Waals surface area contributed by atoms with Gasteiger partial charge in [-0.05, 0) is 34.7 Å². The van der Waals surface area contributed by atoms with Crippen molar-refractivity contribution in [2.24, 2.45) is 0 Å². The molecule has 0 unspecified atom stereocenters. The Labute approximate surface area is 190 Å². The summed E-state index contributed by atoms with van der Waals surface area (Å²) in [5, 5.41) is 7.92. The van der Waals surface area contributed by atoms with Gasteiger partial charge in [-0.3, -0.25) is 4.90 Å². The molecular weight excluding hydrogens is 448 g/mol. The van der Waals surface area contributed by atoms with E-state index in [0.29, 0.717) is 56.6 Å². The fourth-order valence-electron chi connectivity index (χ4n) is 3.85. The molecule has 3 aromatic rings. The van der Waals surface area contributed by atoms with Crippen LogP contribution in [0.4, 0.5) is 0 Å². The lowest BCUT2D eigenvalue weighted by Crippen LogP contribution is -2.49. The zero-order valence-corrected chi connectivity index (χ0v) is 18.7. The van der Waals surface area contributed by atoms with Crippen LogP contribution in [0.3, 0.4) is 0 Å². The summed E-state index contributed by atoms with van der Waals surface area (Å²) in [6.07, 6.45) is 0.751. The Morgan fingerprint density at radius 3 is 2.36 bits per heavy atom. The maximum absolute atomic E-state index is 13.2. The number of ether oxygens (including phenoxy) is 2. The first kappa shape index (κ1) is 21.6. The van der Waals surface area contributed by atoms with Crippen LogP contribution < -0.4 is 15.2 Å². The molecule has 0 bridgehead atoms. The Kier molecular flexibility index (Phi) is 5.87. The Morgan fingerprint density at radius 2 is 1.61 bits per heavy atom. The Balaban J connectivity index is 1.25. The van der Waals surface area contributed by atoms with E-state index in [1.807, 2.05) is 23.1 Å². The highest BCUT2D eigenvalue weighted by Crippen LogP contribution is 2.33. The summed E-state index contributed by atoms with van der Waals surface area (Å²) < 4.78 is 41.5. The maximum atomic E-state index is 13.2. The zero-order chi connectivity index (χ0) is 22.8. The first-order valence-corrected chi connectivity index (χ1v) is 12.2. The first-order chi connectivity index (χ1) is 16.0. The van der Waals surface area contributed by atoms with Crippen molar-refractivity contribution in [3.63, 3.8) is 0 Å². The van der Waals surface area contributed by atoms with E-state index in [1.54, 1.807) is 24.3 Å². The molecule has 1 saturated heterocycles. The molecule has 2 aliphatic heterocycles. The lowest BCUT2D eigenvalue weighted by molar-refractivity contribution is 0.142. The van der Waals surface area contributed by atoms with E-state index in [4.69, 9.17) is 9.47 Å². The van der Waals surface area contributed by atoms with Gasteiger partial charge in [-0.2, -0.15) is 13.7 Å². The molecule has 0 N–H and O–H groups in total. The summed E-state index contributed by atoms with van der Waals surface area (Å²) in [6, 6.07) is 13.8. The van der Waals surface area contributed by atoms with Crippen LogP contribution in [0, 0.1) is 0 Å². The van der Waals surface area contributed by atoms with Gasteiger partial charge in [-0.1, -0.05) is 18.2 Å². The van der Waals surface area contributed by atoms with Gasteiger partial charge in [0.2, 0.25) is 10.0 Å². The summed E-state index contributed by atoms with van der Waals surface area (Å²) in [7, 11) is -3.67. The molecule has 0 radical (unpaired) electrons. The number of piperazine rings is 1. The van der Waals surface area contributed by atoms with Gasteiger partial charge in [0.25, 0.3) is 0 Å². The topological polar surface area (TPSA) is 112 Å². The lowest BCUT2D eigenvalue weighted by Gasteiger charge is -2.33.